The van der Waals surface area contributed by atoms with Crippen LogP contribution in [-0.2, 0) is 27.2 Å². The lowest BCUT2D eigenvalue weighted by molar-refractivity contribution is -0.163. The van der Waals surface area contributed by atoms with Crippen LogP contribution < -0.4 is 5.73 Å². The SMILES string of the molecule is COC(=O)c1nnn(CCOC2CCCCO2)c1CCN. The molecule has 1 saturated heterocycles. The van der Waals surface area contributed by atoms with E-state index in [0.717, 1.165) is 25.9 Å². The number of ether oxygens (including phenoxy) is 3. The number of nitrogens with zero attached hydrogens (tertiary/aromatic N) is 3. The van der Waals surface area contributed by atoms with Crippen molar-refractivity contribution in [3.05, 3.63) is 11.4 Å². The molecule has 1 aromatic heterocycles. The van der Waals surface area contributed by atoms with Gasteiger partial charge < -0.3 is 19.9 Å². The van der Waals surface area contributed by atoms with Gasteiger partial charge in [-0.1, -0.05) is 5.21 Å². The molecule has 0 aliphatic carbocycles. The number of methoxy groups -OCH3 is 1. The van der Waals surface area contributed by atoms with Crippen molar-refractivity contribution in [1.82, 2.24) is 15.0 Å². The lowest BCUT2D eigenvalue weighted by atomic mass is 10.2. The summed E-state index contributed by atoms with van der Waals surface area (Å²) in [6.45, 7) is 2.11. The molecule has 2 N–H and O–H groups in total. The number of esters is 1. The van der Waals surface area contributed by atoms with Crippen LogP contribution in [0.4, 0.5) is 0 Å². The molecule has 21 heavy (non-hydrogen) atoms. The van der Waals surface area contributed by atoms with Crippen LogP contribution in [0.2, 0.25) is 0 Å². The van der Waals surface area contributed by atoms with Crippen LogP contribution in [0.5, 0.6) is 0 Å². The Hall–Kier alpha value is -1.51. The van der Waals surface area contributed by atoms with Gasteiger partial charge >= 0.3 is 5.97 Å². The molecule has 1 aliphatic rings. The van der Waals surface area contributed by atoms with Crippen molar-refractivity contribution < 1.29 is 19.0 Å². The van der Waals surface area contributed by atoms with Gasteiger partial charge in [0.15, 0.2) is 12.0 Å². The maximum absolute atomic E-state index is 11.6. The average molecular weight is 298 g/mol. The molecule has 0 saturated carbocycles. The summed E-state index contributed by atoms with van der Waals surface area (Å²) >= 11 is 0. The number of rotatable bonds is 7. The minimum absolute atomic E-state index is 0.139. The van der Waals surface area contributed by atoms with E-state index in [1.165, 1.54) is 7.11 Å². The predicted octanol–water partition coefficient (Wildman–Crippen LogP) is 0.109. The third kappa shape index (κ3) is 4.23. The molecule has 8 nitrogen and oxygen atoms in total. The maximum atomic E-state index is 11.6. The quantitative estimate of drug-likeness (QED) is 0.713. The zero-order valence-corrected chi connectivity index (χ0v) is 12.3. The first-order valence-corrected chi connectivity index (χ1v) is 7.20. The van der Waals surface area contributed by atoms with Gasteiger partial charge in [0.25, 0.3) is 0 Å². The van der Waals surface area contributed by atoms with E-state index in [-0.39, 0.29) is 12.0 Å². The predicted molar refractivity (Wildman–Crippen MR) is 73.7 cm³/mol. The van der Waals surface area contributed by atoms with Gasteiger partial charge in [-0.15, -0.1) is 5.10 Å². The molecule has 0 aromatic carbocycles. The minimum Gasteiger partial charge on any atom is -0.464 e. The van der Waals surface area contributed by atoms with E-state index in [1.54, 1.807) is 4.68 Å². The largest absolute Gasteiger partial charge is 0.464 e. The topological polar surface area (TPSA) is 101 Å². The first kappa shape index (κ1) is 15.9. The third-order valence-electron chi connectivity index (χ3n) is 3.34. The maximum Gasteiger partial charge on any atom is 0.360 e. The first-order valence-electron chi connectivity index (χ1n) is 7.20. The van der Waals surface area contributed by atoms with Gasteiger partial charge in [-0.3, -0.25) is 0 Å². The van der Waals surface area contributed by atoms with Crippen LogP contribution in [0.15, 0.2) is 0 Å². The van der Waals surface area contributed by atoms with Crippen LogP contribution >= 0.6 is 0 Å². The van der Waals surface area contributed by atoms with Crippen molar-refractivity contribution >= 4 is 5.97 Å². The molecule has 1 atom stereocenters. The number of hydrogen-bond donors (Lipinski definition) is 1. The van der Waals surface area contributed by atoms with Gasteiger partial charge in [0.05, 0.1) is 26.0 Å². The van der Waals surface area contributed by atoms with E-state index >= 15 is 0 Å². The van der Waals surface area contributed by atoms with Crippen LogP contribution in [0.25, 0.3) is 0 Å². The van der Waals surface area contributed by atoms with Gasteiger partial charge in [-0.2, -0.15) is 0 Å². The number of nitrogens with two attached hydrogens (primary N) is 1. The van der Waals surface area contributed by atoms with Crippen molar-refractivity contribution in [2.45, 2.75) is 38.5 Å². The molecule has 8 heteroatoms. The van der Waals surface area contributed by atoms with Gasteiger partial charge in [0, 0.05) is 13.0 Å². The second-order valence-corrected chi connectivity index (χ2v) is 4.81. The third-order valence-corrected chi connectivity index (χ3v) is 3.34. The molecule has 2 rings (SSSR count). The molecule has 1 fully saturated rings. The molecule has 1 aromatic rings. The fourth-order valence-corrected chi connectivity index (χ4v) is 2.27. The van der Waals surface area contributed by atoms with Gasteiger partial charge in [-0.25, -0.2) is 9.48 Å². The fourth-order valence-electron chi connectivity index (χ4n) is 2.27. The van der Waals surface area contributed by atoms with Gasteiger partial charge in [-0.05, 0) is 25.8 Å². The fraction of sp³-hybridized carbons (Fsp3) is 0.769. The van der Waals surface area contributed by atoms with Crippen LogP contribution in [0.3, 0.4) is 0 Å². The summed E-state index contributed by atoms with van der Waals surface area (Å²) in [5.41, 5.74) is 6.47. The second kappa shape index (κ2) is 8.06. The zero-order valence-electron chi connectivity index (χ0n) is 12.3. The van der Waals surface area contributed by atoms with Crippen molar-refractivity contribution in [2.24, 2.45) is 5.73 Å². The Morgan fingerprint density at radius 3 is 3.05 bits per heavy atom. The van der Waals surface area contributed by atoms with Crippen molar-refractivity contribution in [3.8, 4) is 0 Å². The standard InChI is InChI=1S/C13H22N4O4/c1-19-13(18)12-10(5-6-14)17(16-15-12)7-9-21-11-4-2-3-8-20-11/h11H,2-9,14H2,1H3. The molecule has 0 amide bonds. The highest BCUT2D eigenvalue weighted by atomic mass is 16.7. The van der Waals surface area contributed by atoms with E-state index < -0.39 is 5.97 Å². The van der Waals surface area contributed by atoms with Crippen molar-refractivity contribution in [1.29, 1.82) is 0 Å². The van der Waals surface area contributed by atoms with Crippen molar-refractivity contribution in [3.63, 3.8) is 0 Å². The highest BCUT2D eigenvalue weighted by Gasteiger charge is 2.20. The normalized spacial score (nSPS) is 18.7. The van der Waals surface area contributed by atoms with Crippen LogP contribution in [0, 0.1) is 0 Å². The Balaban J connectivity index is 1.92. The van der Waals surface area contributed by atoms with E-state index in [0.29, 0.717) is 31.8 Å². The summed E-state index contributed by atoms with van der Waals surface area (Å²) in [5, 5.41) is 7.84. The summed E-state index contributed by atoms with van der Waals surface area (Å²) in [7, 11) is 1.32. The van der Waals surface area contributed by atoms with E-state index in [9.17, 15) is 4.79 Å². The molecule has 1 unspecified atom stereocenters. The first-order chi connectivity index (χ1) is 10.3. The summed E-state index contributed by atoms with van der Waals surface area (Å²) in [5.74, 6) is -0.499. The molecule has 0 spiro atoms. The van der Waals surface area contributed by atoms with Gasteiger partial charge in [0.1, 0.15) is 0 Å². The Morgan fingerprint density at radius 2 is 2.38 bits per heavy atom. The minimum atomic E-state index is -0.499. The average Bonchev–Trinajstić information content (AvgIpc) is 2.91. The summed E-state index contributed by atoms with van der Waals surface area (Å²) in [6.07, 6.45) is 3.50. The van der Waals surface area contributed by atoms with E-state index in [1.807, 2.05) is 0 Å². The van der Waals surface area contributed by atoms with E-state index in [2.05, 4.69) is 15.0 Å². The lowest BCUT2D eigenvalue weighted by Crippen LogP contribution is -2.24. The van der Waals surface area contributed by atoms with E-state index in [4.69, 9.17) is 15.2 Å². The monoisotopic (exact) mass is 298 g/mol. The number of hydrogen-bond acceptors (Lipinski definition) is 7. The number of carbonyl (C=O) groups is 1. The summed E-state index contributed by atoms with van der Waals surface area (Å²) in [4.78, 5) is 11.6. The molecule has 2 heterocycles. The summed E-state index contributed by atoms with van der Waals surface area (Å²) < 4.78 is 17.5. The molecule has 118 valence electrons. The Kier molecular flexibility index (Phi) is 6.09. The second-order valence-electron chi connectivity index (χ2n) is 4.81. The summed E-state index contributed by atoms with van der Waals surface area (Å²) in [6, 6.07) is 0. The van der Waals surface area contributed by atoms with Crippen molar-refractivity contribution in [2.75, 3.05) is 26.9 Å². The van der Waals surface area contributed by atoms with Crippen LogP contribution in [-0.4, -0.2) is 54.1 Å². The van der Waals surface area contributed by atoms with Gasteiger partial charge in [0.2, 0.25) is 0 Å². The number of aromatic nitrogens is 3. The molecule has 1 aliphatic heterocycles. The Labute approximate surface area is 123 Å². The molecule has 0 radical (unpaired) electrons. The zero-order chi connectivity index (χ0) is 15.1. The van der Waals surface area contributed by atoms with Crippen LogP contribution in [0.1, 0.15) is 35.4 Å². The highest BCUT2D eigenvalue weighted by Crippen LogP contribution is 2.14. The Bertz CT molecular complexity index is 457. The smallest absolute Gasteiger partial charge is 0.360 e. The lowest BCUT2D eigenvalue weighted by Gasteiger charge is -2.22. The molecule has 0 bridgehead atoms. The highest BCUT2D eigenvalue weighted by molar-refractivity contribution is 5.88. The Morgan fingerprint density at radius 1 is 1.52 bits per heavy atom. The number of carbonyl (C=O) groups excluding carboxylic acids is 1. The molecular weight excluding hydrogens is 276 g/mol. The molecular formula is C13H22N4O4.